The Bertz CT molecular complexity index is 178. The third-order valence-corrected chi connectivity index (χ3v) is 2.89. The Morgan fingerprint density at radius 1 is 1.60 bits per heavy atom. The average Bonchev–Trinajstić information content (AvgIpc) is 2.24. The van der Waals surface area contributed by atoms with Gasteiger partial charge in [-0.05, 0) is 38.4 Å². The lowest BCUT2D eigenvalue weighted by Crippen LogP contribution is -2.42. The largest absolute Gasteiger partial charge is 0.344 e. The molecule has 0 saturated carbocycles. The maximum absolute atomic E-state index is 11.7. The summed E-state index contributed by atoms with van der Waals surface area (Å²) in [5.41, 5.74) is 5.79. The summed E-state index contributed by atoms with van der Waals surface area (Å²) in [6.07, 6.45) is 3.75. The van der Waals surface area contributed by atoms with Crippen LogP contribution >= 0.6 is 11.8 Å². The van der Waals surface area contributed by atoms with Crippen molar-refractivity contribution in [1.29, 1.82) is 0 Å². The molecule has 4 nitrogen and oxygen atoms in total. The number of carbonyl (C=O) groups is 1. The fourth-order valence-corrected chi connectivity index (χ4v) is 1.74. The molecule has 0 unspecified atom stereocenters. The fourth-order valence-electron chi connectivity index (χ4n) is 1.25. The molecule has 5 heteroatoms. The number of thioether (sulfide) groups is 1. The van der Waals surface area contributed by atoms with Gasteiger partial charge in [0, 0.05) is 13.6 Å². The van der Waals surface area contributed by atoms with E-state index in [2.05, 4.69) is 5.32 Å². The van der Waals surface area contributed by atoms with Gasteiger partial charge in [-0.15, -0.1) is 0 Å². The van der Waals surface area contributed by atoms with Crippen LogP contribution in [0.1, 0.15) is 12.8 Å². The van der Waals surface area contributed by atoms with Gasteiger partial charge in [-0.2, -0.15) is 11.8 Å². The molecule has 0 spiro atoms. The van der Waals surface area contributed by atoms with E-state index in [0.29, 0.717) is 0 Å². The monoisotopic (exact) mass is 233 g/mol. The molecular weight excluding hydrogens is 210 g/mol. The topological polar surface area (TPSA) is 58.4 Å². The zero-order chi connectivity index (χ0) is 11.7. The highest BCUT2D eigenvalue weighted by atomic mass is 32.2. The van der Waals surface area contributed by atoms with Gasteiger partial charge in [0.2, 0.25) is 5.91 Å². The minimum Gasteiger partial charge on any atom is -0.344 e. The highest BCUT2D eigenvalue weighted by Crippen LogP contribution is 2.01. The van der Waals surface area contributed by atoms with Crippen molar-refractivity contribution in [2.24, 2.45) is 5.73 Å². The Balaban J connectivity index is 3.75. The van der Waals surface area contributed by atoms with Crippen LogP contribution in [0.25, 0.3) is 0 Å². The second-order valence-electron chi connectivity index (χ2n) is 3.60. The summed E-state index contributed by atoms with van der Waals surface area (Å²) >= 11 is 1.72. The second-order valence-corrected chi connectivity index (χ2v) is 4.59. The third-order valence-electron chi connectivity index (χ3n) is 2.25. The summed E-state index contributed by atoms with van der Waals surface area (Å²) in [6, 6.07) is -0.336. The van der Waals surface area contributed by atoms with Gasteiger partial charge in [0.25, 0.3) is 0 Å². The number of nitrogens with one attached hydrogen (secondary N) is 1. The SMILES string of the molecule is CNCCCN(C)C(=O)[C@H](N)CCSC. The number of hydrogen-bond donors (Lipinski definition) is 2. The zero-order valence-electron chi connectivity index (χ0n) is 9.95. The normalized spacial score (nSPS) is 12.5. The minimum atomic E-state index is -0.336. The van der Waals surface area contributed by atoms with Gasteiger partial charge >= 0.3 is 0 Å². The van der Waals surface area contributed by atoms with Gasteiger partial charge in [0.15, 0.2) is 0 Å². The van der Waals surface area contributed by atoms with Crippen molar-refractivity contribution in [3.05, 3.63) is 0 Å². The molecule has 0 aromatic heterocycles. The van der Waals surface area contributed by atoms with Crippen molar-refractivity contribution in [2.45, 2.75) is 18.9 Å². The van der Waals surface area contributed by atoms with E-state index < -0.39 is 0 Å². The number of hydrogen-bond acceptors (Lipinski definition) is 4. The van der Waals surface area contributed by atoms with Gasteiger partial charge in [-0.1, -0.05) is 0 Å². The van der Waals surface area contributed by atoms with Crippen LogP contribution in [-0.4, -0.2) is 56.0 Å². The Morgan fingerprint density at radius 3 is 2.80 bits per heavy atom. The van der Waals surface area contributed by atoms with Crippen LogP contribution in [0.4, 0.5) is 0 Å². The van der Waals surface area contributed by atoms with E-state index in [1.54, 1.807) is 16.7 Å². The molecule has 15 heavy (non-hydrogen) atoms. The van der Waals surface area contributed by atoms with Crippen LogP contribution in [0.3, 0.4) is 0 Å². The molecule has 0 radical (unpaired) electrons. The first kappa shape index (κ1) is 14.7. The summed E-state index contributed by atoms with van der Waals surface area (Å²) in [4.78, 5) is 13.4. The quantitative estimate of drug-likeness (QED) is 0.585. The van der Waals surface area contributed by atoms with Crippen molar-refractivity contribution < 1.29 is 4.79 Å². The summed E-state index contributed by atoms with van der Waals surface area (Å²) < 4.78 is 0. The van der Waals surface area contributed by atoms with Crippen LogP contribution in [0, 0.1) is 0 Å². The predicted octanol–water partition coefficient (Wildman–Crippen LogP) is 0.135. The van der Waals surface area contributed by atoms with Crippen molar-refractivity contribution in [2.75, 3.05) is 39.2 Å². The predicted molar refractivity (Wildman–Crippen MR) is 67.2 cm³/mol. The molecule has 0 aliphatic rings. The molecule has 0 fully saturated rings. The van der Waals surface area contributed by atoms with E-state index in [4.69, 9.17) is 5.73 Å². The summed E-state index contributed by atoms with van der Waals surface area (Å²) in [5, 5.41) is 3.05. The smallest absolute Gasteiger partial charge is 0.239 e. The van der Waals surface area contributed by atoms with Gasteiger partial charge in [-0.25, -0.2) is 0 Å². The number of rotatable bonds is 8. The number of amides is 1. The Labute approximate surface area is 97.0 Å². The van der Waals surface area contributed by atoms with Crippen LogP contribution in [0.15, 0.2) is 0 Å². The van der Waals surface area contributed by atoms with Gasteiger partial charge in [0.05, 0.1) is 6.04 Å². The summed E-state index contributed by atoms with van der Waals surface area (Å²) in [6.45, 7) is 1.70. The standard InChI is InChI=1S/C10H23N3OS/c1-12-6-4-7-13(2)10(14)9(11)5-8-15-3/h9,12H,4-8,11H2,1-3H3/t9-/m1/s1. The lowest BCUT2D eigenvalue weighted by atomic mass is 10.2. The van der Waals surface area contributed by atoms with Crippen molar-refractivity contribution in [3.63, 3.8) is 0 Å². The van der Waals surface area contributed by atoms with Gasteiger partial charge in [0.1, 0.15) is 0 Å². The van der Waals surface area contributed by atoms with E-state index in [-0.39, 0.29) is 11.9 Å². The van der Waals surface area contributed by atoms with Gasteiger partial charge < -0.3 is 16.0 Å². The molecule has 90 valence electrons. The first-order valence-electron chi connectivity index (χ1n) is 5.27. The zero-order valence-corrected chi connectivity index (χ0v) is 10.8. The van der Waals surface area contributed by atoms with E-state index >= 15 is 0 Å². The number of carbonyl (C=O) groups excluding carboxylic acids is 1. The lowest BCUT2D eigenvalue weighted by molar-refractivity contribution is -0.131. The molecule has 1 atom stereocenters. The number of nitrogens with zero attached hydrogens (tertiary/aromatic N) is 1. The van der Waals surface area contributed by atoms with Crippen LogP contribution < -0.4 is 11.1 Å². The molecule has 0 aromatic carbocycles. The lowest BCUT2D eigenvalue weighted by Gasteiger charge is -2.21. The minimum absolute atomic E-state index is 0.0557. The van der Waals surface area contributed by atoms with E-state index in [1.807, 2.05) is 20.4 Å². The molecule has 0 heterocycles. The molecule has 0 aliphatic heterocycles. The number of nitrogens with two attached hydrogens (primary N) is 1. The van der Waals surface area contributed by atoms with Crippen LogP contribution in [-0.2, 0) is 4.79 Å². The molecule has 3 N–H and O–H groups in total. The molecule has 1 amide bonds. The molecule has 0 aliphatic carbocycles. The van der Waals surface area contributed by atoms with Gasteiger partial charge in [-0.3, -0.25) is 4.79 Å². The maximum Gasteiger partial charge on any atom is 0.239 e. The maximum atomic E-state index is 11.7. The van der Waals surface area contributed by atoms with E-state index in [1.165, 1.54) is 0 Å². The third kappa shape index (κ3) is 6.76. The number of likely N-dealkylation sites (N-methyl/N-ethyl adjacent to an activating group) is 1. The van der Waals surface area contributed by atoms with E-state index in [0.717, 1.165) is 31.7 Å². The fraction of sp³-hybridized carbons (Fsp3) is 0.900. The molecule has 0 bridgehead atoms. The van der Waals surface area contributed by atoms with Crippen molar-refractivity contribution in [1.82, 2.24) is 10.2 Å². The molecule has 0 rings (SSSR count). The first-order chi connectivity index (χ1) is 7.13. The Hall–Kier alpha value is -0.260. The highest BCUT2D eigenvalue weighted by molar-refractivity contribution is 7.98. The van der Waals surface area contributed by atoms with Crippen LogP contribution in [0.5, 0.6) is 0 Å². The molecular formula is C10H23N3OS. The first-order valence-corrected chi connectivity index (χ1v) is 6.67. The highest BCUT2D eigenvalue weighted by Gasteiger charge is 2.16. The molecule has 0 aromatic rings. The van der Waals surface area contributed by atoms with E-state index in [9.17, 15) is 4.79 Å². The molecule has 0 saturated heterocycles. The summed E-state index contributed by atoms with van der Waals surface area (Å²) in [7, 11) is 3.73. The van der Waals surface area contributed by atoms with Crippen LogP contribution in [0.2, 0.25) is 0 Å². The Morgan fingerprint density at radius 2 is 2.27 bits per heavy atom. The Kier molecular flexibility index (Phi) is 8.85. The summed E-state index contributed by atoms with van der Waals surface area (Å²) in [5.74, 6) is 0.997. The van der Waals surface area contributed by atoms with Crippen molar-refractivity contribution >= 4 is 17.7 Å². The average molecular weight is 233 g/mol. The second kappa shape index (κ2) is 9.00. The van der Waals surface area contributed by atoms with Crippen molar-refractivity contribution in [3.8, 4) is 0 Å².